The van der Waals surface area contributed by atoms with Gasteiger partial charge in [0, 0.05) is 21.3 Å². The van der Waals surface area contributed by atoms with Gasteiger partial charge in [0.25, 0.3) is 5.97 Å². The fourth-order valence-corrected chi connectivity index (χ4v) is 6.37. The van der Waals surface area contributed by atoms with E-state index in [1.807, 2.05) is 24.3 Å². The Morgan fingerprint density at radius 3 is 2.23 bits per heavy atom. The molecule has 11 heteroatoms. The molecule has 1 spiro atoms. The summed E-state index contributed by atoms with van der Waals surface area (Å²) in [6.07, 6.45) is -2.76. The molecule has 3 saturated heterocycles. The Kier molecular flexibility index (Phi) is 9.80. The van der Waals surface area contributed by atoms with Crippen LogP contribution in [-0.4, -0.2) is 98.9 Å². The van der Waals surface area contributed by atoms with Gasteiger partial charge < -0.3 is 47.1 Å². The van der Waals surface area contributed by atoms with Gasteiger partial charge in [-0.15, -0.1) is 0 Å². The van der Waals surface area contributed by atoms with Gasteiger partial charge in [0.05, 0.1) is 39.5 Å². The second-order valence-electron chi connectivity index (χ2n) is 11.9. The summed E-state index contributed by atoms with van der Waals surface area (Å²) >= 11 is 0. The van der Waals surface area contributed by atoms with Crippen LogP contribution < -0.4 is 4.74 Å². The van der Waals surface area contributed by atoms with Crippen LogP contribution in [0.1, 0.15) is 32.8 Å². The van der Waals surface area contributed by atoms with Crippen molar-refractivity contribution < 1.29 is 47.1 Å². The molecule has 39 heavy (non-hydrogen) atoms. The van der Waals surface area contributed by atoms with Gasteiger partial charge in [-0.05, 0) is 35.8 Å². The summed E-state index contributed by atoms with van der Waals surface area (Å²) in [5, 5.41) is 0.00782. The Hall–Kier alpha value is -1.12. The highest BCUT2D eigenvalue weighted by Crippen LogP contribution is 2.46. The average molecular weight is 571 g/mol. The monoisotopic (exact) mass is 570 g/mol. The van der Waals surface area contributed by atoms with Crippen LogP contribution in [0.25, 0.3) is 0 Å². The van der Waals surface area contributed by atoms with E-state index in [2.05, 4.69) is 33.9 Å². The Morgan fingerprint density at radius 2 is 1.64 bits per heavy atom. The second kappa shape index (κ2) is 12.4. The minimum Gasteiger partial charge on any atom is -0.497 e. The van der Waals surface area contributed by atoms with Crippen molar-refractivity contribution in [3.63, 3.8) is 0 Å². The van der Waals surface area contributed by atoms with Crippen molar-refractivity contribution in [3.8, 4) is 5.75 Å². The number of ether oxygens (including phenoxy) is 9. The first-order chi connectivity index (χ1) is 18.5. The molecule has 0 amide bonds. The zero-order valence-corrected chi connectivity index (χ0v) is 25.8. The van der Waals surface area contributed by atoms with Crippen molar-refractivity contribution in [1.29, 1.82) is 0 Å². The van der Waals surface area contributed by atoms with E-state index in [9.17, 15) is 0 Å². The van der Waals surface area contributed by atoms with Crippen molar-refractivity contribution in [2.45, 2.75) is 101 Å². The Bertz CT molecular complexity index is 922. The van der Waals surface area contributed by atoms with Crippen molar-refractivity contribution in [2.24, 2.45) is 0 Å². The number of hydrogen-bond donors (Lipinski definition) is 0. The van der Waals surface area contributed by atoms with Gasteiger partial charge in [0.15, 0.2) is 14.6 Å². The first kappa shape index (κ1) is 30.8. The summed E-state index contributed by atoms with van der Waals surface area (Å²) in [6.45, 7) is 12.1. The molecule has 222 valence electrons. The van der Waals surface area contributed by atoms with Crippen LogP contribution in [-0.2, 0) is 48.9 Å². The van der Waals surface area contributed by atoms with Crippen LogP contribution in [0.4, 0.5) is 0 Å². The third-order valence-electron chi connectivity index (χ3n) is 8.27. The van der Waals surface area contributed by atoms with Crippen LogP contribution in [0, 0.1) is 0 Å². The fraction of sp³-hybridized carbons (Fsp3) is 0.786. The van der Waals surface area contributed by atoms with Gasteiger partial charge in [-0.25, -0.2) is 0 Å². The number of rotatable bonds is 10. The smallest absolute Gasteiger partial charge is 0.286 e. The lowest BCUT2D eigenvalue weighted by molar-refractivity contribution is -0.384. The maximum absolute atomic E-state index is 6.93. The summed E-state index contributed by atoms with van der Waals surface area (Å²) in [4.78, 5) is 0. The molecular weight excluding hydrogens is 524 g/mol. The third kappa shape index (κ3) is 6.69. The lowest BCUT2D eigenvalue weighted by Crippen LogP contribution is -2.58. The molecule has 0 aliphatic carbocycles. The van der Waals surface area contributed by atoms with Gasteiger partial charge >= 0.3 is 0 Å². The van der Waals surface area contributed by atoms with Crippen LogP contribution in [0.2, 0.25) is 18.1 Å². The fourth-order valence-electron chi connectivity index (χ4n) is 5.02. The summed E-state index contributed by atoms with van der Waals surface area (Å²) in [5.74, 6) is -0.528. The maximum atomic E-state index is 6.93. The standard InChI is InChI=1S/C28H46O10Si/c1-27(2,3)39(8,9)38-20-14-28(34-17-21(20)33-15-18-10-12-19(30-5)13-11-18)36-24-23(31-6)22(16-29-4)35-26(32-7)25(24)37-28/h10-13,20-26H,14-17H2,1-9H3/t20-,21-,22-,23-,24+,25-,26+,28?/m1/s1. The molecule has 3 aliphatic rings. The highest BCUT2D eigenvalue weighted by molar-refractivity contribution is 6.74. The summed E-state index contributed by atoms with van der Waals surface area (Å²) in [6, 6.07) is 7.84. The van der Waals surface area contributed by atoms with E-state index in [1.165, 1.54) is 0 Å². The first-order valence-corrected chi connectivity index (χ1v) is 16.5. The lowest BCUT2D eigenvalue weighted by Gasteiger charge is -2.46. The SMILES string of the molecule is COC[C@H]1O[C@H](OC)[C@@H]2OC3(C[C@@H](O[Si](C)(C)C(C)(C)C)[C@H](OCc4ccc(OC)cc4)CO3)O[C@H]2[C@@H]1OC. The lowest BCUT2D eigenvalue weighted by atomic mass is 9.99. The van der Waals surface area contributed by atoms with Crippen molar-refractivity contribution in [1.82, 2.24) is 0 Å². The van der Waals surface area contributed by atoms with Crippen molar-refractivity contribution in [2.75, 3.05) is 41.7 Å². The van der Waals surface area contributed by atoms with E-state index in [0.717, 1.165) is 11.3 Å². The molecule has 0 aromatic heterocycles. The molecule has 0 N–H and O–H groups in total. The molecule has 1 aromatic carbocycles. The molecule has 3 fully saturated rings. The van der Waals surface area contributed by atoms with E-state index in [-0.39, 0.29) is 30.0 Å². The van der Waals surface area contributed by atoms with Gasteiger partial charge in [-0.1, -0.05) is 32.9 Å². The molecule has 4 rings (SSSR count). The molecule has 3 heterocycles. The van der Waals surface area contributed by atoms with E-state index in [1.54, 1.807) is 28.4 Å². The highest BCUT2D eigenvalue weighted by Gasteiger charge is 2.62. The molecule has 8 atom stereocenters. The minimum atomic E-state index is -2.18. The van der Waals surface area contributed by atoms with Crippen molar-refractivity contribution >= 4 is 8.32 Å². The average Bonchev–Trinajstić information content (AvgIpc) is 3.25. The molecule has 10 nitrogen and oxygen atoms in total. The van der Waals surface area contributed by atoms with E-state index >= 15 is 0 Å². The number of benzene rings is 1. The maximum Gasteiger partial charge on any atom is 0.286 e. The summed E-state index contributed by atoms with van der Waals surface area (Å²) in [7, 11) is 4.31. The molecule has 3 aliphatic heterocycles. The highest BCUT2D eigenvalue weighted by atomic mass is 28.4. The molecule has 1 aromatic rings. The van der Waals surface area contributed by atoms with Crippen LogP contribution in [0.5, 0.6) is 5.75 Å². The molecular formula is C28H46O10Si. The quantitative estimate of drug-likeness (QED) is 0.386. The predicted molar refractivity (Wildman–Crippen MR) is 145 cm³/mol. The topological polar surface area (TPSA) is 92.3 Å². The Morgan fingerprint density at radius 1 is 0.949 bits per heavy atom. The summed E-state index contributed by atoms with van der Waals surface area (Å²) < 4.78 is 60.8. The van der Waals surface area contributed by atoms with Gasteiger partial charge in [0.1, 0.15) is 36.3 Å². The van der Waals surface area contributed by atoms with Crippen LogP contribution in [0.3, 0.4) is 0 Å². The van der Waals surface area contributed by atoms with E-state index in [4.69, 9.17) is 47.1 Å². The van der Waals surface area contributed by atoms with E-state index < -0.39 is 38.9 Å². The molecule has 0 saturated carbocycles. The summed E-state index contributed by atoms with van der Waals surface area (Å²) in [5.41, 5.74) is 1.04. The largest absolute Gasteiger partial charge is 0.497 e. The van der Waals surface area contributed by atoms with Crippen LogP contribution in [0.15, 0.2) is 24.3 Å². The van der Waals surface area contributed by atoms with Crippen molar-refractivity contribution in [3.05, 3.63) is 29.8 Å². The second-order valence-corrected chi connectivity index (χ2v) is 16.7. The molecule has 1 unspecified atom stereocenters. The zero-order valence-electron chi connectivity index (χ0n) is 24.8. The number of hydrogen-bond acceptors (Lipinski definition) is 10. The van der Waals surface area contributed by atoms with Gasteiger partial charge in [-0.3, -0.25) is 0 Å². The molecule has 0 radical (unpaired) electrons. The predicted octanol–water partition coefficient (Wildman–Crippen LogP) is 3.86. The van der Waals surface area contributed by atoms with Gasteiger partial charge in [-0.2, -0.15) is 0 Å². The van der Waals surface area contributed by atoms with Crippen LogP contribution >= 0.6 is 0 Å². The number of fused-ring (bicyclic) bond motifs is 1. The Labute approximate surface area is 233 Å². The minimum absolute atomic E-state index is 0.00782. The Balaban J connectivity index is 1.54. The zero-order chi connectivity index (χ0) is 28.4. The number of methoxy groups -OCH3 is 4. The normalized spacial score (nSPS) is 35.3. The van der Waals surface area contributed by atoms with Gasteiger partial charge in [0.2, 0.25) is 0 Å². The third-order valence-corrected chi connectivity index (χ3v) is 12.8. The first-order valence-electron chi connectivity index (χ1n) is 13.6. The van der Waals surface area contributed by atoms with E-state index in [0.29, 0.717) is 19.6 Å². The molecule has 0 bridgehead atoms.